The lowest BCUT2D eigenvalue weighted by molar-refractivity contribution is 0.0946. The molecule has 3 rings (SSSR count). The van der Waals surface area contributed by atoms with E-state index in [4.69, 9.17) is 0 Å². The lowest BCUT2D eigenvalue weighted by atomic mass is 10.1. The highest BCUT2D eigenvalue weighted by Gasteiger charge is 2.24. The van der Waals surface area contributed by atoms with Crippen LogP contribution in [0.3, 0.4) is 0 Å². The number of aryl methyl sites for hydroxylation is 1. The van der Waals surface area contributed by atoms with Gasteiger partial charge in [-0.2, -0.15) is 0 Å². The van der Waals surface area contributed by atoms with Crippen molar-refractivity contribution in [2.24, 2.45) is 0 Å². The molecule has 1 heterocycles. The molecule has 0 saturated heterocycles. The highest BCUT2D eigenvalue weighted by Crippen LogP contribution is 2.19. The zero-order valence-electron chi connectivity index (χ0n) is 12.6. The summed E-state index contributed by atoms with van der Waals surface area (Å²) in [5.74, 6) is -0.0737. The molecule has 0 atom stereocenters. The lowest BCUT2D eigenvalue weighted by Crippen LogP contribution is -2.26. The summed E-state index contributed by atoms with van der Waals surface area (Å²) in [4.78, 5) is 16.1. The van der Waals surface area contributed by atoms with Crippen molar-refractivity contribution >= 4 is 11.6 Å². The largest absolute Gasteiger partial charge is 0.385 e. The predicted octanol–water partition coefficient (Wildman–Crippen LogP) is 3.02. The molecule has 22 heavy (non-hydrogen) atoms. The number of benzene rings is 1. The molecule has 114 valence electrons. The van der Waals surface area contributed by atoms with Crippen LogP contribution in [0.25, 0.3) is 0 Å². The summed E-state index contributed by atoms with van der Waals surface area (Å²) in [7, 11) is 0. The fourth-order valence-electron chi connectivity index (χ4n) is 2.32. The summed E-state index contributed by atoms with van der Waals surface area (Å²) in [6, 6.07) is 14.5. The number of pyridine rings is 1. The van der Waals surface area contributed by atoms with Gasteiger partial charge in [0.1, 0.15) is 5.69 Å². The minimum absolute atomic E-state index is 0.0737. The van der Waals surface area contributed by atoms with Crippen LogP contribution in [0.4, 0.5) is 5.69 Å². The van der Waals surface area contributed by atoms with Gasteiger partial charge in [0.05, 0.1) is 0 Å². The molecule has 1 aliphatic carbocycles. The minimum atomic E-state index is -0.0737. The maximum Gasteiger partial charge on any atom is 0.270 e. The Morgan fingerprint density at radius 1 is 1.18 bits per heavy atom. The van der Waals surface area contributed by atoms with Gasteiger partial charge in [0.25, 0.3) is 5.91 Å². The van der Waals surface area contributed by atoms with E-state index in [2.05, 4.69) is 39.9 Å². The molecule has 1 fully saturated rings. The number of aromatic nitrogens is 1. The van der Waals surface area contributed by atoms with E-state index in [0.717, 1.165) is 37.9 Å². The number of hydrogen-bond donors (Lipinski definition) is 2. The van der Waals surface area contributed by atoms with Crippen molar-refractivity contribution in [1.29, 1.82) is 0 Å². The Hall–Kier alpha value is -2.36. The van der Waals surface area contributed by atoms with Crippen LogP contribution in [0, 0.1) is 0 Å². The van der Waals surface area contributed by atoms with Gasteiger partial charge in [-0.25, -0.2) is 0 Å². The van der Waals surface area contributed by atoms with E-state index in [9.17, 15) is 4.79 Å². The lowest BCUT2D eigenvalue weighted by Gasteiger charge is -2.08. The molecular weight excluding hydrogens is 274 g/mol. The van der Waals surface area contributed by atoms with E-state index in [1.54, 1.807) is 6.20 Å². The predicted molar refractivity (Wildman–Crippen MR) is 88.0 cm³/mol. The second-order valence-corrected chi connectivity index (χ2v) is 5.69. The molecule has 2 aromatic rings. The molecule has 0 unspecified atom stereocenters. The Morgan fingerprint density at radius 2 is 2.00 bits per heavy atom. The van der Waals surface area contributed by atoms with Gasteiger partial charge in [0, 0.05) is 24.5 Å². The number of carbonyl (C=O) groups is 1. The van der Waals surface area contributed by atoms with Crippen LogP contribution in [0.5, 0.6) is 0 Å². The van der Waals surface area contributed by atoms with Crippen molar-refractivity contribution in [3.63, 3.8) is 0 Å². The molecule has 1 aromatic carbocycles. The summed E-state index contributed by atoms with van der Waals surface area (Å²) in [6.45, 7) is 0.878. The van der Waals surface area contributed by atoms with Gasteiger partial charge in [-0.3, -0.25) is 9.78 Å². The smallest absolute Gasteiger partial charge is 0.270 e. The zero-order valence-corrected chi connectivity index (χ0v) is 12.6. The van der Waals surface area contributed by atoms with Gasteiger partial charge < -0.3 is 10.6 Å². The Morgan fingerprint density at radius 3 is 2.77 bits per heavy atom. The third kappa shape index (κ3) is 4.32. The molecule has 0 radical (unpaired) electrons. The van der Waals surface area contributed by atoms with E-state index in [-0.39, 0.29) is 5.91 Å². The van der Waals surface area contributed by atoms with E-state index in [0.29, 0.717) is 11.7 Å². The van der Waals surface area contributed by atoms with Crippen LogP contribution >= 0.6 is 0 Å². The Bertz CT molecular complexity index is 623. The van der Waals surface area contributed by atoms with Gasteiger partial charge in [-0.05, 0) is 43.4 Å². The Labute approximate surface area is 131 Å². The second kappa shape index (κ2) is 7.07. The summed E-state index contributed by atoms with van der Waals surface area (Å²) >= 11 is 0. The number of hydrogen-bond acceptors (Lipinski definition) is 3. The van der Waals surface area contributed by atoms with E-state index in [1.165, 1.54) is 5.56 Å². The fourth-order valence-corrected chi connectivity index (χ4v) is 2.32. The maximum atomic E-state index is 12.0. The highest BCUT2D eigenvalue weighted by molar-refractivity contribution is 5.93. The number of amides is 1. The van der Waals surface area contributed by atoms with Crippen LogP contribution < -0.4 is 10.6 Å². The zero-order chi connectivity index (χ0) is 15.2. The molecule has 1 aliphatic rings. The van der Waals surface area contributed by atoms with Gasteiger partial charge in [-0.1, -0.05) is 30.3 Å². The highest BCUT2D eigenvalue weighted by atomic mass is 16.2. The van der Waals surface area contributed by atoms with Crippen molar-refractivity contribution in [2.45, 2.75) is 31.7 Å². The summed E-state index contributed by atoms with van der Waals surface area (Å²) < 4.78 is 0. The maximum absolute atomic E-state index is 12.0. The fraction of sp³-hybridized carbons (Fsp3) is 0.333. The van der Waals surface area contributed by atoms with Gasteiger partial charge >= 0.3 is 0 Å². The first-order chi connectivity index (χ1) is 10.8. The summed E-state index contributed by atoms with van der Waals surface area (Å²) in [5, 5.41) is 6.32. The van der Waals surface area contributed by atoms with Gasteiger partial charge in [0.2, 0.25) is 0 Å². The van der Waals surface area contributed by atoms with Crippen LogP contribution in [0.2, 0.25) is 0 Å². The van der Waals surface area contributed by atoms with Gasteiger partial charge in [-0.15, -0.1) is 0 Å². The van der Waals surface area contributed by atoms with Crippen LogP contribution in [-0.2, 0) is 6.42 Å². The van der Waals surface area contributed by atoms with Crippen LogP contribution in [0.1, 0.15) is 35.3 Å². The molecule has 0 bridgehead atoms. The first kappa shape index (κ1) is 14.6. The third-order valence-corrected chi connectivity index (χ3v) is 3.72. The van der Waals surface area contributed by atoms with E-state index in [1.807, 2.05) is 18.2 Å². The number of carbonyl (C=O) groups excluding carboxylic acids is 1. The molecule has 1 amide bonds. The minimum Gasteiger partial charge on any atom is -0.385 e. The Kier molecular flexibility index (Phi) is 4.68. The molecule has 0 spiro atoms. The molecule has 1 saturated carbocycles. The number of nitrogens with zero attached hydrogens (tertiary/aromatic N) is 1. The second-order valence-electron chi connectivity index (χ2n) is 5.69. The molecule has 4 nitrogen and oxygen atoms in total. The summed E-state index contributed by atoms with van der Waals surface area (Å²) in [6.07, 6.45) is 5.96. The first-order valence-electron chi connectivity index (χ1n) is 7.86. The van der Waals surface area contributed by atoms with Crippen molar-refractivity contribution in [1.82, 2.24) is 10.3 Å². The number of nitrogens with one attached hydrogen (secondary N) is 2. The third-order valence-electron chi connectivity index (χ3n) is 3.72. The monoisotopic (exact) mass is 295 g/mol. The molecule has 1 aromatic heterocycles. The van der Waals surface area contributed by atoms with Crippen molar-refractivity contribution in [3.8, 4) is 0 Å². The molecular formula is C18H21N3O. The first-order valence-corrected chi connectivity index (χ1v) is 7.86. The van der Waals surface area contributed by atoms with Crippen molar-refractivity contribution < 1.29 is 4.79 Å². The van der Waals surface area contributed by atoms with Crippen LogP contribution in [-0.4, -0.2) is 23.5 Å². The van der Waals surface area contributed by atoms with Crippen LogP contribution in [0.15, 0.2) is 48.7 Å². The molecule has 4 heteroatoms. The van der Waals surface area contributed by atoms with E-state index >= 15 is 0 Å². The quantitative estimate of drug-likeness (QED) is 0.772. The topological polar surface area (TPSA) is 54.0 Å². The average molecular weight is 295 g/mol. The van der Waals surface area contributed by atoms with Gasteiger partial charge in [0.15, 0.2) is 0 Å². The standard InChI is InChI=1S/C18H21N3O/c22-18(21-15-8-9-15)17-13-16(10-12-20-17)19-11-4-7-14-5-2-1-3-6-14/h1-3,5-6,10,12-13,15H,4,7-9,11H2,(H,19,20)(H,21,22). The Balaban J connectivity index is 1.46. The molecule has 0 aliphatic heterocycles. The van der Waals surface area contributed by atoms with Crippen molar-refractivity contribution in [2.75, 3.05) is 11.9 Å². The number of rotatable bonds is 7. The molecule has 2 N–H and O–H groups in total. The van der Waals surface area contributed by atoms with Crippen molar-refractivity contribution in [3.05, 3.63) is 59.9 Å². The SMILES string of the molecule is O=C(NC1CC1)c1cc(NCCCc2ccccc2)ccn1. The average Bonchev–Trinajstić information content (AvgIpc) is 3.37. The normalized spacial score (nSPS) is 13.6. The van der Waals surface area contributed by atoms with E-state index < -0.39 is 0 Å². The summed E-state index contributed by atoms with van der Waals surface area (Å²) in [5.41, 5.74) is 2.78. The number of anilines is 1.